The minimum atomic E-state index is -5.18. The van der Waals surface area contributed by atoms with Gasteiger partial charge in [0.2, 0.25) is 5.78 Å². The van der Waals surface area contributed by atoms with E-state index in [0.717, 1.165) is 6.92 Å². The van der Waals surface area contributed by atoms with Crippen molar-refractivity contribution >= 4 is 11.8 Å². The highest BCUT2D eigenvalue weighted by Gasteiger charge is 2.68. The van der Waals surface area contributed by atoms with Crippen molar-refractivity contribution in [3.05, 3.63) is 0 Å². The van der Waals surface area contributed by atoms with Crippen LogP contribution >= 0.6 is 0 Å². The van der Waals surface area contributed by atoms with Gasteiger partial charge >= 0.3 is 17.8 Å². The third kappa shape index (κ3) is 3.91. The van der Waals surface area contributed by atoms with Crippen LogP contribution in [-0.2, 0) is 14.3 Å². The average Bonchev–Trinajstić information content (AvgIpc) is 2.24. The smallest absolute Gasteiger partial charge is 0.411 e. The number of hydrogen-bond acceptors (Lipinski definition) is 3. The van der Waals surface area contributed by atoms with Crippen molar-refractivity contribution in [2.45, 2.75) is 58.5 Å². The molecular weight excluding hydrogens is 268 g/mol. The van der Waals surface area contributed by atoms with Gasteiger partial charge in [0, 0.05) is 5.92 Å². The normalized spacial score (nSPS) is 15.0. The van der Waals surface area contributed by atoms with Crippen molar-refractivity contribution in [2.24, 2.45) is 5.92 Å². The first-order chi connectivity index (χ1) is 8.27. The van der Waals surface area contributed by atoms with Gasteiger partial charge in [0.1, 0.15) is 5.60 Å². The van der Waals surface area contributed by atoms with E-state index in [-0.39, 0.29) is 6.42 Å². The molecule has 0 N–H and O–H groups in total. The fourth-order valence-electron chi connectivity index (χ4n) is 1.12. The summed E-state index contributed by atoms with van der Waals surface area (Å²) in [6.07, 6.45) is -0.0289. The van der Waals surface area contributed by atoms with E-state index in [1.165, 1.54) is 27.7 Å². The second kappa shape index (κ2) is 5.46. The summed E-state index contributed by atoms with van der Waals surface area (Å²) in [6.45, 7) is 6.28. The molecule has 0 aromatic rings. The van der Waals surface area contributed by atoms with Crippen LogP contribution in [0.25, 0.3) is 0 Å². The lowest BCUT2D eigenvalue weighted by Gasteiger charge is -2.28. The number of carbonyl (C=O) groups excluding carboxylic acids is 2. The third-order valence-electron chi connectivity index (χ3n) is 2.42. The number of ether oxygens (including phenoxy) is 1. The summed E-state index contributed by atoms with van der Waals surface area (Å²) < 4.78 is 58.0. The van der Waals surface area contributed by atoms with Crippen molar-refractivity contribution in [3.63, 3.8) is 0 Å². The first-order valence-electron chi connectivity index (χ1n) is 5.80. The lowest BCUT2D eigenvalue weighted by atomic mass is 9.94. The number of hydrogen-bond donors (Lipinski definition) is 0. The minimum Gasteiger partial charge on any atom is -0.455 e. The van der Waals surface area contributed by atoms with E-state index < -0.39 is 35.1 Å². The Morgan fingerprint density at radius 1 is 1.05 bits per heavy atom. The van der Waals surface area contributed by atoms with Crippen molar-refractivity contribution in [1.82, 2.24) is 0 Å². The van der Waals surface area contributed by atoms with Gasteiger partial charge in [-0.05, 0) is 27.2 Å². The van der Waals surface area contributed by atoms with Crippen LogP contribution in [0.4, 0.5) is 17.6 Å². The maximum absolute atomic E-state index is 13.5. The Balaban J connectivity index is 5.28. The van der Waals surface area contributed by atoms with Crippen molar-refractivity contribution in [3.8, 4) is 0 Å². The molecule has 0 aliphatic carbocycles. The van der Waals surface area contributed by atoms with Gasteiger partial charge in [-0.2, -0.15) is 17.6 Å². The fraction of sp³-hybridized carbons (Fsp3) is 0.833. The van der Waals surface area contributed by atoms with Crippen LogP contribution in [0.1, 0.15) is 41.0 Å². The zero-order valence-electron chi connectivity index (χ0n) is 11.5. The largest absolute Gasteiger partial charge is 0.455 e. The lowest BCUT2D eigenvalue weighted by Crippen LogP contribution is -2.55. The third-order valence-corrected chi connectivity index (χ3v) is 2.42. The van der Waals surface area contributed by atoms with Crippen LogP contribution in [0.15, 0.2) is 0 Å². The molecular formula is C12H18F4O3. The SMILES string of the molecule is CCC(C)C(=O)C(F)(F)C(F)(F)C(=O)OC(C)(C)C. The highest BCUT2D eigenvalue weighted by atomic mass is 19.3. The summed E-state index contributed by atoms with van der Waals surface area (Å²) in [6, 6.07) is 0. The average molecular weight is 286 g/mol. The topological polar surface area (TPSA) is 43.4 Å². The molecule has 1 unspecified atom stereocenters. The number of Topliss-reactive ketones (excluding diaryl/α,β-unsaturated/α-hetero) is 1. The number of rotatable bonds is 5. The van der Waals surface area contributed by atoms with E-state index in [0.29, 0.717) is 0 Å². The Morgan fingerprint density at radius 3 is 1.79 bits per heavy atom. The van der Waals surface area contributed by atoms with E-state index in [1.807, 2.05) is 0 Å². The molecule has 0 aromatic heterocycles. The van der Waals surface area contributed by atoms with E-state index in [1.54, 1.807) is 0 Å². The molecule has 1 atom stereocenters. The zero-order valence-corrected chi connectivity index (χ0v) is 11.5. The first-order valence-corrected chi connectivity index (χ1v) is 5.80. The van der Waals surface area contributed by atoms with Gasteiger partial charge in [-0.3, -0.25) is 4.79 Å². The molecule has 0 spiro atoms. The van der Waals surface area contributed by atoms with Crippen LogP contribution in [0.3, 0.4) is 0 Å². The van der Waals surface area contributed by atoms with Gasteiger partial charge < -0.3 is 4.74 Å². The number of ketones is 1. The summed E-state index contributed by atoms with van der Waals surface area (Å²) >= 11 is 0. The summed E-state index contributed by atoms with van der Waals surface area (Å²) in [4.78, 5) is 22.4. The van der Waals surface area contributed by atoms with E-state index >= 15 is 0 Å². The Hall–Kier alpha value is -1.14. The predicted molar refractivity (Wildman–Crippen MR) is 60.2 cm³/mol. The Bertz CT molecular complexity index is 358. The summed E-state index contributed by atoms with van der Waals surface area (Å²) in [5, 5.41) is 0. The van der Waals surface area contributed by atoms with Crippen LogP contribution in [-0.4, -0.2) is 29.2 Å². The molecule has 0 amide bonds. The summed E-state index contributed by atoms with van der Waals surface area (Å²) in [7, 11) is 0. The van der Waals surface area contributed by atoms with E-state index in [2.05, 4.69) is 4.74 Å². The maximum Gasteiger partial charge on any atom is 0.411 e. The van der Waals surface area contributed by atoms with Gasteiger partial charge in [-0.25, -0.2) is 4.79 Å². The van der Waals surface area contributed by atoms with Gasteiger partial charge in [-0.15, -0.1) is 0 Å². The van der Waals surface area contributed by atoms with Crippen LogP contribution in [0, 0.1) is 5.92 Å². The molecule has 19 heavy (non-hydrogen) atoms. The second-order valence-corrected chi connectivity index (χ2v) is 5.32. The standard InChI is InChI=1S/C12H18F4O3/c1-6-7(2)8(17)11(13,14)12(15,16)9(18)19-10(3,4)5/h7H,6H2,1-5H3. The molecule has 7 heteroatoms. The number of halogens is 4. The van der Waals surface area contributed by atoms with Crippen LogP contribution < -0.4 is 0 Å². The maximum atomic E-state index is 13.5. The van der Waals surface area contributed by atoms with Gasteiger partial charge in [0.05, 0.1) is 0 Å². The molecule has 0 aliphatic heterocycles. The Morgan fingerprint density at radius 2 is 1.47 bits per heavy atom. The van der Waals surface area contributed by atoms with Crippen molar-refractivity contribution in [1.29, 1.82) is 0 Å². The van der Waals surface area contributed by atoms with Gasteiger partial charge in [0.25, 0.3) is 0 Å². The Kier molecular flexibility index (Phi) is 5.14. The number of esters is 1. The number of carbonyl (C=O) groups is 2. The quantitative estimate of drug-likeness (QED) is 0.575. The van der Waals surface area contributed by atoms with E-state index in [9.17, 15) is 27.2 Å². The molecule has 0 rings (SSSR count). The molecule has 0 saturated heterocycles. The lowest BCUT2D eigenvalue weighted by molar-refractivity contribution is -0.233. The molecule has 0 radical (unpaired) electrons. The van der Waals surface area contributed by atoms with Crippen molar-refractivity contribution in [2.75, 3.05) is 0 Å². The Labute approximate surface area is 109 Å². The predicted octanol–water partition coefficient (Wildman–Crippen LogP) is 3.21. The molecule has 0 fully saturated rings. The van der Waals surface area contributed by atoms with Gasteiger partial charge in [-0.1, -0.05) is 13.8 Å². The molecule has 3 nitrogen and oxygen atoms in total. The summed E-state index contributed by atoms with van der Waals surface area (Å²) in [5.74, 6) is -15.9. The van der Waals surface area contributed by atoms with Crippen LogP contribution in [0.5, 0.6) is 0 Å². The fourth-order valence-corrected chi connectivity index (χ4v) is 1.12. The van der Waals surface area contributed by atoms with Gasteiger partial charge in [0.15, 0.2) is 0 Å². The monoisotopic (exact) mass is 286 g/mol. The van der Waals surface area contributed by atoms with E-state index in [4.69, 9.17) is 0 Å². The van der Waals surface area contributed by atoms with Crippen molar-refractivity contribution < 1.29 is 31.9 Å². The highest BCUT2D eigenvalue weighted by Crippen LogP contribution is 2.39. The van der Waals surface area contributed by atoms with Crippen LogP contribution in [0.2, 0.25) is 0 Å². The number of alkyl halides is 4. The molecule has 0 bridgehead atoms. The molecule has 0 aromatic carbocycles. The second-order valence-electron chi connectivity index (χ2n) is 5.32. The zero-order chi connectivity index (χ0) is 15.6. The minimum absolute atomic E-state index is 0.0289. The molecule has 0 aliphatic rings. The highest BCUT2D eigenvalue weighted by molar-refractivity contribution is 5.95. The summed E-state index contributed by atoms with van der Waals surface area (Å²) in [5.41, 5.74) is -1.35. The first kappa shape index (κ1) is 17.9. The molecule has 0 saturated carbocycles. The molecule has 0 heterocycles. The molecule has 112 valence electrons.